The van der Waals surface area contributed by atoms with Crippen LogP contribution in [0.1, 0.15) is 32.8 Å². The van der Waals surface area contributed by atoms with Crippen LogP contribution >= 0.6 is 7.60 Å². The van der Waals surface area contributed by atoms with Gasteiger partial charge in [-0.1, -0.05) is 44.2 Å². The molecule has 0 saturated heterocycles. The van der Waals surface area contributed by atoms with Gasteiger partial charge < -0.3 is 25.2 Å². The predicted molar refractivity (Wildman–Crippen MR) is 92.7 cm³/mol. The van der Waals surface area contributed by atoms with E-state index in [1.54, 1.807) is 12.1 Å². The number of amides is 2. The van der Waals surface area contributed by atoms with Gasteiger partial charge in [-0.2, -0.15) is 0 Å². The molecule has 1 aromatic rings. The molecule has 2 amide bonds. The maximum absolute atomic E-state index is 12.2. The van der Waals surface area contributed by atoms with E-state index in [1.165, 1.54) is 6.92 Å². The predicted octanol–water partition coefficient (Wildman–Crippen LogP) is 1.97. The summed E-state index contributed by atoms with van der Waals surface area (Å²) in [5.41, 5.74) is 0.803. The molecule has 0 saturated carbocycles. The van der Waals surface area contributed by atoms with Gasteiger partial charge in [-0.05, 0) is 24.8 Å². The number of benzene rings is 1. The third-order valence-electron chi connectivity index (χ3n) is 3.38. The molecule has 4 N–H and O–H groups in total. The van der Waals surface area contributed by atoms with E-state index in [2.05, 4.69) is 10.6 Å². The molecule has 1 aromatic carbocycles. The Balaban J connectivity index is 2.63. The summed E-state index contributed by atoms with van der Waals surface area (Å²) >= 11 is 0. The summed E-state index contributed by atoms with van der Waals surface area (Å²) in [6, 6.07) is 8.12. The Morgan fingerprint density at radius 1 is 1.12 bits per heavy atom. The summed E-state index contributed by atoms with van der Waals surface area (Å²) in [7, 11) is -4.45. The highest BCUT2D eigenvalue weighted by molar-refractivity contribution is 7.52. The quantitative estimate of drug-likeness (QED) is 0.517. The van der Waals surface area contributed by atoms with E-state index < -0.39 is 31.4 Å². The number of rotatable bonds is 8. The van der Waals surface area contributed by atoms with E-state index in [-0.39, 0.29) is 12.5 Å². The van der Waals surface area contributed by atoms with Crippen molar-refractivity contribution in [1.82, 2.24) is 10.6 Å². The van der Waals surface area contributed by atoms with Crippen molar-refractivity contribution in [3.8, 4) is 0 Å². The average Bonchev–Trinajstić information content (AvgIpc) is 2.52. The number of alkyl carbamates (subject to hydrolysis) is 1. The molecule has 0 heterocycles. The lowest BCUT2D eigenvalue weighted by Crippen LogP contribution is -2.49. The van der Waals surface area contributed by atoms with Crippen molar-refractivity contribution in [2.45, 2.75) is 45.6 Å². The fraction of sp³-hybridized carbons (Fsp3) is 0.500. The lowest BCUT2D eigenvalue weighted by molar-refractivity contribution is -0.123. The van der Waals surface area contributed by atoms with E-state index >= 15 is 0 Å². The van der Waals surface area contributed by atoms with E-state index in [9.17, 15) is 14.2 Å². The normalized spacial score (nSPS) is 13.8. The second kappa shape index (κ2) is 9.56. The Hall–Kier alpha value is -1.89. The van der Waals surface area contributed by atoms with Crippen LogP contribution in [0, 0.1) is 5.92 Å². The van der Waals surface area contributed by atoms with Crippen LogP contribution in [0.3, 0.4) is 0 Å². The monoisotopic (exact) mass is 372 g/mol. The summed E-state index contributed by atoms with van der Waals surface area (Å²) in [4.78, 5) is 42.3. The van der Waals surface area contributed by atoms with Crippen LogP contribution in [0.2, 0.25) is 0 Å². The third kappa shape index (κ3) is 8.16. The van der Waals surface area contributed by atoms with Crippen molar-refractivity contribution >= 4 is 19.6 Å². The van der Waals surface area contributed by atoms with Crippen LogP contribution in [0.15, 0.2) is 30.3 Å². The molecule has 8 nitrogen and oxygen atoms in total. The summed E-state index contributed by atoms with van der Waals surface area (Å²) in [5.74, 6) is -1.92. The molecule has 0 bridgehead atoms. The molecule has 140 valence electrons. The van der Waals surface area contributed by atoms with Gasteiger partial charge in [0, 0.05) is 0 Å². The van der Waals surface area contributed by atoms with Gasteiger partial charge in [0.25, 0.3) is 0 Å². The number of carbonyl (C=O) groups excluding carboxylic acids is 2. The zero-order chi connectivity index (χ0) is 19.0. The van der Waals surface area contributed by atoms with Crippen molar-refractivity contribution in [2.24, 2.45) is 5.92 Å². The van der Waals surface area contributed by atoms with Crippen molar-refractivity contribution in [2.75, 3.05) is 0 Å². The van der Waals surface area contributed by atoms with E-state index in [1.807, 2.05) is 32.0 Å². The van der Waals surface area contributed by atoms with E-state index in [0.717, 1.165) is 5.56 Å². The first-order chi connectivity index (χ1) is 11.6. The summed E-state index contributed by atoms with van der Waals surface area (Å²) in [5, 5.41) is 4.68. The molecule has 0 spiro atoms. The molecular weight excluding hydrogens is 347 g/mol. The topological polar surface area (TPSA) is 125 Å². The Morgan fingerprint density at radius 2 is 1.72 bits per heavy atom. The van der Waals surface area contributed by atoms with Crippen LogP contribution in [0.5, 0.6) is 0 Å². The molecule has 9 heteroatoms. The van der Waals surface area contributed by atoms with Gasteiger partial charge >= 0.3 is 13.7 Å². The second-order valence-electron chi connectivity index (χ2n) is 6.16. The highest BCUT2D eigenvalue weighted by Gasteiger charge is 2.30. The minimum Gasteiger partial charge on any atom is -0.445 e. The lowest BCUT2D eigenvalue weighted by atomic mass is 10.0. The van der Waals surface area contributed by atoms with Crippen LogP contribution in [-0.2, 0) is 20.7 Å². The van der Waals surface area contributed by atoms with Gasteiger partial charge in [0.15, 0.2) is 0 Å². The molecule has 25 heavy (non-hydrogen) atoms. The van der Waals surface area contributed by atoms with Crippen LogP contribution < -0.4 is 10.6 Å². The van der Waals surface area contributed by atoms with Crippen LogP contribution in [-0.4, -0.2) is 33.6 Å². The van der Waals surface area contributed by atoms with Crippen molar-refractivity contribution in [3.63, 3.8) is 0 Å². The fourth-order valence-electron chi connectivity index (χ4n) is 2.00. The first-order valence-electron chi connectivity index (χ1n) is 7.92. The maximum atomic E-state index is 12.2. The smallest absolute Gasteiger partial charge is 0.408 e. The Bertz CT molecular complexity index is 616. The number of nitrogens with one attached hydrogen (secondary N) is 2. The van der Waals surface area contributed by atoms with Gasteiger partial charge in [0.1, 0.15) is 18.4 Å². The van der Waals surface area contributed by atoms with Gasteiger partial charge in [0.05, 0.1) is 0 Å². The summed E-state index contributed by atoms with van der Waals surface area (Å²) in [6.07, 6.45) is -0.464. The summed E-state index contributed by atoms with van der Waals surface area (Å²) in [6.45, 7) is 4.99. The SMILES string of the molecule is CC(C)C[C@H](NC(=O)OCc1ccccc1)C(=O)N[C@@H](C)P(=O)(O)O. The molecular formula is C16H25N2O6P. The molecule has 0 aromatic heterocycles. The zero-order valence-corrected chi connectivity index (χ0v) is 15.4. The van der Waals surface area contributed by atoms with Crippen LogP contribution in [0.25, 0.3) is 0 Å². The number of hydrogen-bond acceptors (Lipinski definition) is 4. The average molecular weight is 372 g/mol. The Labute approximate surface area is 147 Å². The molecule has 0 aliphatic heterocycles. The van der Waals surface area contributed by atoms with Crippen molar-refractivity contribution in [1.29, 1.82) is 0 Å². The zero-order valence-electron chi connectivity index (χ0n) is 14.5. The first kappa shape index (κ1) is 21.2. The highest BCUT2D eigenvalue weighted by Crippen LogP contribution is 2.39. The third-order valence-corrected chi connectivity index (χ3v) is 4.52. The highest BCUT2D eigenvalue weighted by atomic mass is 31.2. The summed E-state index contributed by atoms with van der Waals surface area (Å²) < 4.78 is 16.2. The molecule has 0 radical (unpaired) electrons. The Kier molecular flexibility index (Phi) is 8.09. The van der Waals surface area contributed by atoms with Crippen molar-refractivity contribution < 1.29 is 28.7 Å². The minimum absolute atomic E-state index is 0.0571. The number of ether oxygens (including phenoxy) is 1. The fourth-order valence-corrected chi connectivity index (χ4v) is 2.30. The second-order valence-corrected chi connectivity index (χ2v) is 8.11. The minimum atomic E-state index is -4.45. The van der Waals surface area contributed by atoms with Gasteiger partial charge in [0.2, 0.25) is 5.91 Å². The van der Waals surface area contributed by atoms with Gasteiger partial charge in [-0.15, -0.1) is 0 Å². The van der Waals surface area contributed by atoms with Crippen LogP contribution in [0.4, 0.5) is 4.79 Å². The van der Waals surface area contributed by atoms with E-state index in [0.29, 0.717) is 6.42 Å². The molecule has 0 aliphatic carbocycles. The largest absolute Gasteiger partial charge is 0.445 e. The molecule has 0 unspecified atom stereocenters. The molecule has 0 fully saturated rings. The Morgan fingerprint density at radius 3 is 2.24 bits per heavy atom. The first-order valence-corrected chi connectivity index (χ1v) is 9.60. The molecule has 0 aliphatic rings. The standard InChI is InChI=1S/C16H25N2O6P/c1-11(2)9-14(15(19)17-12(3)25(21,22)23)18-16(20)24-10-13-7-5-4-6-8-13/h4-8,11-12,14H,9-10H2,1-3H3,(H,17,19)(H,18,20)(H2,21,22,23)/t12-,14+/m1/s1. The molecule has 2 atom stereocenters. The van der Waals surface area contributed by atoms with Gasteiger partial charge in [-0.25, -0.2) is 4.79 Å². The van der Waals surface area contributed by atoms with E-state index in [4.69, 9.17) is 14.5 Å². The lowest BCUT2D eigenvalue weighted by Gasteiger charge is -2.22. The number of hydrogen-bond donors (Lipinski definition) is 4. The molecule has 1 rings (SSSR count). The van der Waals surface area contributed by atoms with Gasteiger partial charge in [-0.3, -0.25) is 9.36 Å². The van der Waals surface area contributed by atoms with Crippen molar-refractivity contribution in [3.05, 3.63) is 35.9 Å². The number of carbonyl (C=O) groups is 2. The maximum Gasteiger partial charge on any atom is 0.408 e.